The lowest BCUT2D eigenvalue weighted by Gasteiger charge is -2.53. The summed E-state index contributed by atoms with van der Waals surface area (Å²) in [7, 11) is 2.11. The highest BCUT2D eigenvalue weighted by atomic mass is 127. The van der Waals surface area contributed by atoms with Crippen molar-refractivity contribution in [2.24, 2.45) is 0 Å². The van der Waals surface area contributed by atoms with Crippen LogP contribution in [0.15, 0.2) is 24.3 Å². The fourth-order valence-electron chi connectivity index (χ4n) is 3.50. The van der Waals surface area contributed by atoms with E-state index in [0.717, 1.165) is 16.4 Å². The average molecular weight is 473 g/mol. The molecule has 1 aliphatic rings. The van der Waals surface area contributed by atoms with Gasteiger partial charge in [0.05, 0.1) is 12.8 Å². The van der Waals surface area contributed by atoms with Crippen molar-refractivity contribution in [3.05, 3.63) is 27.8 Å². The van der Waals surface area contributed by atoms with E-state index in [1.54, 1.807) is 12.1 Å². The predicted octanol–water partition coefficient (Wildman–Crippen LogP) is 4.17. The summed E-state index contributed by atoms with van der Waals surface area (Å²) in [4.78, 5) is 26.4. The molecular weight excluding hydrogens is 445 g/mol. The van der Waals surface area contributed by atoms with Gasteiger partial charge in [-0.15, -0.1) is 0 Å². The minimum absolute atomic E-state index is 0.0181. The fraction of sp³-hybridized carbons (Fsp3) is 0.600. The van der Waals surface area contributed by atoms with Crippen LogP contribution in [0.3, 0.4) is 0 Å². The molecule has 0 radical (unpaired) electrons. The molecule has 2 rings (SSSR count). The van der Waals surface area contributed by atoms with E-state index in [2.05, 4.69) is 62.2 Å². The van der Waals surface area contributed by atoms with Gasteiger partial charge in [-0.05, 0) is 81.6 Å². The molecule has 1 saturated heterocycles. The number of halogens is 1. The number of rotatable bonds is 5. The van der Waals surface area contributed by atoms with Crippen LogP contribution in [-0.2, 0) is 14.3 Å². The van der Waals surface area contributed by atoms with E-state index in [1.807, 2.05) is 12.1 Å². The molecule has 0 aromatic heterocycles. The highest BCUT2D eigenvalue weighted by Gasteiger charge is 2.44. The molecule has 5 nitrogen and oxygen atoms in total. The fourth-order valence-corrected chi connectivity index (χ4v) is 3.86. The van der Waals surface area contributed by atoms with Crippen molar-refractivity contribution in [3.8, 4) is 5.75 Å². The van der Waals surface area contributed by atoms with E-state index in [0.29, 0.717) is 5.75 Å². The molecule has 0 spiro atoms. The van der Waals surface area contributed by atoms with Crippen LogP contribution in [0.1, 0.15) is 53.4 Å². The molecule has 1 heterocycles. The largest absolute Gasteiger partial charge is 0.462 e. The van der Waals surface area contributed by atoms with Gasteiger partial charge < -0.3 is 9.47 Å². The molecule has 26 heavy (non-hydrogen) atoms. The van der Waals surface area contributed by atoms with Crippen LogP contribution >= 0.6 is 22.6 Å². The number of likely N-dealkylation sites (tertiary alicyclic amines) is 1. The van der Waals surface area contributed by atoms with Gasteiger partial charge in [-0.25, -0.2) is 0 Å². The first-order chi connectivity index (χ1) is 12.0. The summed E-state index contributed by atoms with van der Waals surface area (Å²) in [6, 6.07) is 7.20. The quantitative estimate of drug-likeness (QED) is 0.365. The Morgan fingerprint density at radius 2 is 1.54 bits per heavy atom. The Kier molecular flexibility index (Phi) is 6.71. The molecule has 1 aliphatic heterocycles. The van der Waals surface area contributed by atoms with Gasteiger partial charge in [-0.2, -0.15) is 0 Å². The Morgan fingerprint density at radius 3 is 2.08 bits per heavy atom. The van der Waals surface area contributed by atoms with Crippen LogP contribution in [0.5, 0.6) is 5.75 Å². The zero-order valence-corrected chi connectivity index (χ0v) is 18.3. The summed E-state index contributed by atoms with van der Waals surface area (Å²) in [5.41, 5.74) is -0.0904. The summed E-state index contributed by atoms with van der Waals surface area (Å²) in [5.74, 6) is -0.277. The molecule has 0 unspecified atom stereocenters. The second kappa shape index (κ2) is 8.25. The van der Waals surface area contributed by atoms with Gasteiger partial charge in [0, 0.05) is 27.5 Å². The van der Waals surface area contributed by atoms with E-state index in [-0.39, 0.29) is 36.0 Å². The van der Waals surface area contributed by atoms with Gasteiger partial charge in [0.2, 0.25) is 0 Å². The van der Waals surface area contributed by atoms with Gasteiger partial charge in [0.15, 0.2) is 0 Å². The second-order valence-corrected chi connectivity index (χ2v) is 9.38. The Morgan fingerprint density at radius 1 is 1.04 bits per heavy atom. The van der Waals surface area contributed by atoms with E-state index in [9.17, 15) is 9.59 Å². The number of hydrogen-bond acceptors (Lipinski definition) is 5. The van der Waals surface area contributed by atoms with E-state index in [4.69, 9.17) is 9.47 Å². The molecule has 0 bridgehead atoms. The van der Waals surface area contributed by atoms with Crippen molar-refractivity contribution in [1.29, 1.82) is 0 Å². The minimum atomic E-state index is -0.424. The van der Waals surface area contributed by atoms with Crippen LogP contribution in [0.25, 0.3) is 0 Å². The minimum Gasteiger partial charge on any atom is -0.462 e. The maximum Gasteiger partial charge on any atom is 0.311 e. The number of piperidine rings is 1. The number of esters is 2. The highest BCUT2D eigenvalue weighted by molar-refractivity contribution is 14.1. The molecule has 0 saturated carbocycles. The van der Waals surface area contributed by atoms with Gasteiger partial charge in [0.1, 0.15) is 11.9 Å². The molecule has 0 N–H and O–H groups in total. The lowest BCUT2D eigenvalue weighted by atomic mass is 9.79. The number of ether oxygens (including phenoxy) is 2. The Bertz CT molecular complexity index is 636. The summed E-state index contributed by atoms with van der Waals surface area (Å²) >= 11 is 2.18. The molecule has 144 valence electrons. The van der Waals surface area contributed by atoms with Gasteiger partial charge in [-0.1, -0.05) is 0 Å². The highest BCUT2D eigenvalue weighted by Crippen LogP contribution is 2.38. The lowest BCUT2D eigenvalue weighted by Crippen LogP contribution is -2.60. The molecule has 0 amide bonds. The Hall–Kier alpha value is -1.15. The third kappa shape index (κ3) is 5.67. The van der Waals surface area contributed by atoms with Crippen molar-refractivity contribution in [2.45, 2.75) is 70.6 Å². The molecule has 1 fully saturated rings. The Balaban J connectivity index is 1.81. The first-order valence-corrected chi connectivity index (χ1v) is 9.97. The third-order valence-corrected chi connectivity index (χ3v) is 5.87. The van der Waals surface area contributed by atoms with Crippen molar-refractivity contribution >= 4 is 34.5 Å². The number of carbonyl (C=O) groups is 2. The number of hydrogen-bond donors (Lipinski definition) is 0. The topological polar surface area (TPSA) is 55.8 Å². The molecule has 1 aromatic rings. The third-order valence-electron chi connectivity index (χ3n) is 5.15. The van der Waals surface area contributed by atoms with E-state index in [1.165, 1.54) is 0 Å². The van der Waals surface area contributed by atoms with E-state index < -0.39 is 5.97 Å². The summed E-state index contributed by atoms with van der Waals surface area (Å²) in [6.45, 7) is 8.64. The maximum absolute atomic E-state index is 12.2. The summed E-state index contributed by atoms with van der Waals surface area (Å²) < 4.78 is 12.0. The van der Waals surface area contributed by atoms with Crippen molar-refractivity contribution < 1.29 is 19.1 Å². The number of nitrogens with zero attached hydrogens (tertiary/aromatic N) is 1. The molecule has 6 heteroatoms. The average Bonchev–Trinajstić information content (AvgIpc) is 2.52. The number of benzene rings is 1. The van der Waals surface area contributed by atoms with Crippen LogP contribution in [-0.4, -0.2) is 41.1 Å². The first kappa shape index (κ1) is 21.2. The molecular formula is C20H28INO4. The van der Waals surface area contributed by atoms with Crippen LogP contribution in [0.2, 0.25) is 0 Å². The van der Waals surface area contributed by atoms with Crippen LogP contribution < -0.4 is 4.74 Å². The number of carbonyl (C=O) groups excluding carboxylic acids is 2. The first-order valence-electron chi connectivity index (χ1n) is 8.89. The summed E-state index contributed by atoms with van der Waals surface area (Å²) in [6.07, 6.45) is 1.49. The zero-order valence-electron chi connectivity index (χ0n) is 16.2. The monoisotopic (exact) mass is 473 g/mol. The smallest absolute Gasteiger partial charge is 0.311 e. The van der Waals surface area contributed by atoms with Crippen molar-refractivity contribution in [1.82, 2.24) is 4.90 Å². The zero-order chi connectivity index (χ0) is 19.5. The Labute approximate surface area is 169 Å². The lowest BCUT2D eigenvalue weighted by molar-refractivity contribution is -0.160. The van der Waals surface area contributed by atoms with Gasteiger partial charge in [0.25, 0.3) is 0 Å². The SMILES string of the molecule is CN1C(C)(C)CC(OC(=O)CCC(=O)Oc2ccc(I)cc2)CC1(C)C. The normalized spacial score (nSPS) is 19.8. The maximum atomic E-state index is 12.2. The molecule has 1 aromatic carbocycles. The second-order valence-electron chi connectivity index (χ2n) is 8.13. The standard InChI is InChI=1S/C20H28INO4/c1-19(2)12-16(13-20(3,4)22(19)5)26-18(24)11-10-17(23)25-15-8-6-14(21)7-9-15/h6-9,16H,10-13H2,1-5H3. The molecule has 0 aliphatic carbocycles. The van der Waals surface area contributed by atoms with Crippen LogP contribution in [0, 0.1) is 3.57 Å². The van der Waals surface area contributed by atoms with Gasteiger partial charge >= 0.3 is 11.9 Å². The summed E-state index contributed by atoms with van der Waals surface area (Å²) in [5, 5.41) is 0. The van der Waals surface area contributed by atoms with Crippen LogP contribution in [0.4, 0.5) is 0 Å². The molecule has 0 atom stereocenters. The van der Waals surface area contributed by atoms with Crippen molar-refractivity contribution in [3.63, 3.8) is 0 Å². The van der Waals surface area contributed by atoms with Gasteiger partial charge in [-0.3, -0.25) is 14.5 Å². The predicted molar refractivity (Wildman–Crippen MR) is 109 cm³/mol. The van der Waals surface area contributed by atoms with Crippen molar-refractivity contribution in [2.75, 3.05) is 7.05 Å². The van der Waals surface area contributed by atoms with E-state index >= 15 is 0 Å².